The van der Waals surface area contributed by atoms with Crippen LogP contribution in [-0.4, -0.2) is 27.0 Å². The van der Waals surface area contributed by atoms with Gasteiger partial charge in [0.25, 0.3) is 0 Å². The van der Waals surface area contributed by atoms with E-state index in [4.69, 9.17) is 9.47 Å². The number of nitrogens with zero attached hydrogens (tertiary/aromatic N) is 4. The summed E-state index contributed by atoms with van der Waals surface area (Å²) in [5.74, 6) is 1.56. The summed E-state index contributed by atoms with van der Waals surface area (Å²) in [6.45, 7) is 0. The molecular weight excluding hydrogens is 410 g/mol. The Balaban J connectivity index is 1.35. The van der Waals surface area contributed by atoms with Crippen molar-refractivity contribution in [3.63, 3.8) is 0 Å². The fourth-order valence-corrected chi connectivity index (χ4v) is 3.92. The summed E-state index contributed by atoms with van der Waals surface area (Å²) < 4.78 is 12.4. The number of aromatic nitrogens is 4. The number of hydrogen-bond acceptors (Lipinski definition) is 8. The lowest BCUT2D eigenvalue weighted by Gasteiger charge is -2.10. The highest BCUT2D eigenvalue weighted by molar-refractivity contribution is 7.22. The quantitative estimate of drug-likeness (QED) is 0.373. The van der Waals surface area contributed by atoms with E-state index >= 15 is 0 Å². The number of anilines is 2. The number of para-hydroxylation sites is 1. The van der Waals surface area contributed by atoms with E-state index in [1.54, 1.807) is 43.1 Å². The second kappa shape index (κ2) is 8.37. The first-order chi connectivity index (χ1) is 15.3. The molecule has 0 atom stereocenters. The van der Waals surface area contributed by atoms with Crippen molar-refractivity contribution in [1.29, 1.82) is 0 Å². The highest BCUT2D eigenvalue weighted by atomic mass is 32.1. The fourth-order valence-electron chi connectivity index (χ4n) is 3.03. The molecule has 5 rings (SSSR count). The van der Waals surface area contributed by atoms with Crippen LogP contribution in [-0.2, 0) is 0 Å². The Kier molecular flexibility index (Phi) is 5.12. The number of nitrogens with one attached hydrogen (secondary N) is 1. The summed E-state index contributed by atoms with van der Waals surface area (Å²) >= 11 is 1.61. The van der Waals surface area contributed by atoms with Crippen LogP contribution in [0.25, 0.3) is 21.5 Å². The number of fused-ring (bicyclic) bond motifs is 1. The van der Waals surface area contributed by atoms with Crippen molar-refractivity contribution in [2.75, 3.05) is 12.4 Å². The summed E-state index contributed by atoms with van der Waals surface area (Å²) in [5.41, 5.74) is 3.33. The third kappa shape index (κ3) is 4.15. The number of pyridine rings is 1. The van der Waals surface area contributed by atoms with E-state index in [-0.39, 0.29) is 0 Å². The molecule has 0 aliphatic rings. The first-order valence-corrected chi connectivity index (χ1v) is 10.3. The lowest BCUT2D eigenvalue weighted by molar-refractivity contribution is 0.398. The topological polar surface area (TPSA) is 82.1 Å². The van der Waals surface area contributed by atoms with Gasteiger partial charge in [0.2, 0.25) is 11.8 Å². The van der Waals surface area contributed by atoms with Gasteiger partial charge in [-0.25, -0.2) is 19.9 Å². The molecule has 2 aromatic carbocycles. The first kappa shape index (κ1) is 19.0. The van der Waals surface area contributed by atoms with Crippen molar-refractivity contribution in [3.8, 4) is 28.8 Å². The van der Waals surface area contributed by atoms with Gasteiger partial charge in [0, 0.05) is 35.9 Å². The van der Waals surface area contributed by atoms with E-state index < -0.39 is 0 Å². The summed E-state index contributed by atoms with van der Waals surface area (Å²) in [6, 6.07) is 19.3. The van der Waals surface area contributed by atoms with Crippen LogP contribution in [0, 0.1) is 0 Å². The molecule has 5 aromatic rings. The minimum absolute atomic E-state index is 0.405. The van der Waals surface area contributed by atoms with Gasteiger partial charge in [-0.15, -0.1) is 0 Å². The monoisotopic (exact) mass is 427 g/mol. The number of thiazole rings is 1. The normalized spacial score (nSPS) is 10.7. The highest BCUT2D eigenvalue weighted by Gasteiger charge is 2.12. The molecule has 0 radical (unpaired) electrons. The molecule has 1 N–H and O–H groups in total. The molecule has 31 heavy (non-hydrogen) atoms. The van der Waals surface area contributed by atoms with Crippen molar-refractivity contribution in [3.05, 3.63) is 79.3 Å². The van der Waals surface area contributed by atoms with Crippen LogP contribution < -0.4 is 14.8 Å². The molecule has 0 aliphatic heterocycles. The maximum absolute atomic E-state index is 6.02. The predicted octanol–water partition coefficient (Wildman–Crippen LogP) is 5.69. The van der Waals surface area contributed by atoms with Crippen molar-refractivity contribution >= 4 is 32.4 Å². The first-order valence-electron chi connectivity index (χ1n) is 9.50. The Hall–Kier alpha value is -4.04. The highest BCUT2D eigenvalue weighted by Crippen LogP contribution is 2.32. The van der Waals surface area contributed by atoms with Crippen molar-refractivity contribution in [2.45, 2.75) is 0 Å². The van der Waals surface area contributed by atoms with Gasteiger partial charge in [-0.1, -0.05) is 23.5 Å². The molecule has 0 aliphatic carbocycles. The standard InChI is InChI=1S/C23H17N5O2S/c1-29-20-14-15(10-11-24-20)21-22(26-13-12-25-21)30-17-8-6-16(7-9-17)27-23-28-18-4-2-3-5-19(18)31-23/h2-14H,1H3,(H,27,28). The fraction of sp³-hybridized carbons (Fsp3) is 0.0435. The molecule has 0 unspecified atom stereocenters. The minimum atomic E-state index is 0.405. The van der Waals surface area contributed by atoms with Gasteiger partial charge in [-0.3, -0.25) is 0 Å². The smallest absolute Gasteiger partial charge is 0.246 e. The largest absolute Gasteiger partial charge is 0.481 e. The molecule has 8 heteroatoms. The third-order valence-corrected chi connectivity index (χ3v) is 5.45. The van der Waals surface area contributed by atoms with Crippen LogP contribution in [0.4, 0.5) is 10.8 Å². The second-order valence-electron chi connectivity index (χ2n) is 6.54. The third-order valence-electron chi connectivity index (χ3n) is 4.50. The summed E-state index contributed by atoms with van der Waals surface area (Å²) in [7, 11) is 1.57. The van der Waals surface area contributed by atoms with E-state index in [2.05, 4.69) is 31.3 Å². The van der Waals surface area contributed by atoms with E-state index in [0.29, 0.717) is 23.2 Å². The summed E-state index contributed by atoms with van der Waals surface area (Å²) in [4.78, 5) is 17.5. The van der Waals surface area contributed by atoms with Crippen LogP contribution in [0.1, 0.15) is 0 Å². The van der Waals surface area contributed by atoms with Crippen molar-refractivity contribution in [1.82, 2.24) is 19.9 Å². The maximum Gasteiger partial charge on any atom is 0.246 e. The van der Waals surface area contributed by atoms with Gasteiger partial charge in [0.15, 0.2) is 5.13 Å². The molecular formula is C23H17N5O2S. The summed E-state index contributed by atoms with van der Waals surface area (Å²) in [5, 5.41) is 4.18. The molecule has 7 nitrogen and oxygen atoms in total. The number of hydrogen-bond donors (Lipinski definition) is 1. The maximum atomic E-state index is 6.02. The number of methoxy groups -OCH3 is 1. The predicted molar refractivity (Wildman–Crippen MR) is 121 cm³/mol. The molecule has 0 saturated carbocycles. The van der Waals surface area contributed by atoms with Crippen LogP contribution in [0.2, 0.25) is 0 Å². The Labute approximate surface area is 182 Å². The Morgan fingerprint density at radius 2 is 1.71 bits per heavy atom. The van der Waals surface area contributed by atoms with Gasteiger partial charge in [-0.2, -0.15) is 0 Å². The van der Waals surface area contributed by atoms with Gasteiger partial charge < -0.3 is 14.8 Å². The van der Waals surface area contributed by atoms with Gasteiger partial charge >= 0.3 is 0 Å². The molecule has 0 spiro atoms. The Morgan fingerprint density at radius 3 is 2.55 bits per heavy atom. The zero-order valence-electron chi connectivity index (χ0n) is 16.5. The molecule has 152 valence electrons. The van der Waals surface area contributed by atoms with Crippen LogP contribution in [0.5, 0.6) is 17.5 Å². The zero-order chi connectivity index (χ0) is 21.0. The zero-order valence-corrected chi connectivity index (χ0v) is 17.3. The van der Waals surface area contributed by atoms with Crippen molar-refractivity contribution < 1.29 is 9.47 Å². The van der Waals surface area contributed by atoms with E-state index in [1.807, 2.05) is 48.5 Å². The van der Waals surface area contributed by atoms with Crippen LogP contribution in [0.15, 0.2) is 79.3 Å². The van der Waals surface area contributed by atoms with Crippen LogP contribution in [0.3, 0.4) is 0 Å². The molecule has 0 amide bonds. The molecule has 3 aromatic heterocycles. The lowest BCUT2D eigenvalue weighted by atomic mass is 10.2. The minimum Gasteiger partial charge on any atom is -0.481 e. The average molecular weight is 427 g/mol. The SMILES string of the molecule is COc1cc(-c2nccnc2Oc2ccc(Nc3nc4ccccc4s3)cc2)ccn1. The van der Waals surface area contributed by atoms with Crippen molar-refractivity contribution in [2.24, 2.45) is 0 Å². The van der Waals surface area contributed by atoms with Gasteiger partial charge in [-0.05, 0) is 42.5 Å². The second-order valence-corrected chi connectivity index (χ2v) is 7.57. The number of ether oxygens (including phenoxy) is 2. The molecule has 0 saturated heterocycles. The Bertz CT molecular complexity index is 1300. The van der Waals surface area contributed by atoms with Gasteiger partial charge in [0.05, 0.1) is 17.3 Å². The number of benzene rings is 2. The van der Waals surface area contributed by atoms with Gasteiger partial charge in [0.1, 0.15) is 11.4 Å². The van der Waals surface area contributed by atoms with Crippen LogP contribution >= 0.6 is 11.3 Å². The molecule has 0 bridgehead atoms. The molecule has 3 heterocycles. The van der Waals surface area contributed by atoms with E-state index in [1.165, 1.54) is 0 Å². The molecule has 0 fully saturated rings. The lowest BCUT2D eigenvalue weighted by Crippen LogP contribution is -1.95. The summed E-state index contributed by atoms with van der Waals surface area (Å²) in [6.07, 6.45) is 4.88. The number of rotatable bonds is 6. The average Bonchev–Trinajstić information content (AvgIpc) is 3.23. The van der Waals surface area contributed by atoms with E-state index in [9.17, 15) is 0 Å². The Morgan fingerprint density at radius 1 is 0.871 bits per heavy atom. The van der Waals surface area contributed by atoms with E-state index in [0.717, 1.165) is 26.6 Å².